The predicted molar refractivity (Wildman–Crippen MR) is 91.7 cm³/mol. The van der Waals surface area contributed by atoms with Gasteiger partial charge in [0.05, 0.1) is 22.9 Å². The zero-order valence-electron chi connectivity index (χ0n) is 12.1. The highest BCUT2D eigenvalue weighted by atomic mass is 35.5. The predicted octanol–water partition coefficient (Wildman–Crippen LogP) is 2.17. The first-order valence-electron chi connectivity index (χ1n) is 6.57. The average molecular weight is 390 g/mol. The van der Waals surface area contributed by atoms with Crippen molar-refractivity contribution in [1.82, 2.24) is 10.0 Å². The lowest BCUT2D eigenvalue weighted by molar-refractivity contribution is -0.0381. The van der Waals surface area contributed by atoms with Gasteiger partial charge in [-0.05, 0) is 30.7 Å². The van der Waals surface area contributed by atoms with Gasteiger partial charge in [-0.1, -0.05) is 29.3 Å². The van der Waals surface area contributed by atoms with E-state index >= 15 is 0 Å². The number of sulfonamides is 1. The number of halogens is 3. The topological polar surface area (TPSA) is 67.4 Å². The quantitative estimate of drug-likeness (QED) is 0.828. The lowest BCUT2D eigenvalue weighted by atomic mass is 9.90. The molecule has 2 N–H and O–H groups in total. The molecule has 0 aliphatic carbocycles. The van der Waals surface area contributed by atoms with E-state index in [0.29, 0.717) is 23.1 Å². The van der Waals surface area contributed by atoms with Crippen LogP contribution in [0.5, 0.6) is 0 Å². The maximum absolute atomic E-state index is 11.4. The molecular formula is C13H19Cl3N2O3S. The molecule has 0 saturated carbocycles. The first-order valence-corrected chi connectivity index (χ1v) is 9.22. The number of hydrogen-bond acceptors (Lipinski definition) is 4. The number of rotatable bonds is 4. The zero-order valence-corrected chi connectivity index (χ0v) is 15.2. The van der Waals surface area contributed by atoms with Gasteiger partial charge < -0.3 is 10.1 Å². The fourth-order valence-electron chi connectivity index (χ4n) is 2.30. The van der Waals surface area contributed by atoms with Crippen molar-refractivity contribution in [3.63, 3.8) is 0 Å². The molecule has 9 heteroatoms. The Kier molecular flexibility index (Phi) is 7.39. The number of benzene rings is 1. The van der Waals surface area contributed by atoms with Crippen molar-refractivity contribution in [1.29, 1.82) is 0 Å². The number of nitrogens with one attached hydrogen (secondary N) is 2. The molecule has 1 aromatic rings. The Bertz CT molecular complexity index is 603. The van der Waals surface area contributed by atoms with E-state index in [0.717, 1.165) is 24.9 Å². The van der Waals surface area contributed by atoms with Crippen LogP contribution in [0.15, 0.2) is 18.2 Å². The lowest BCUT2D eigenvalue weighted by Crippen LogP contribution is -2.43. The van der Waals surface area contributed by atoms with Crippen LogP contribution < -0.4 is 10.0 Å². The fourth-order valence-corrected chi connectivity index (χ4v) is 3.10. The van der Waals surface area contributed by atoms with E-state index in [1.165, 1.54) is 0 Å². The van der Waals surface area contributed by atoms with Gasteiger partial charge in [-0.25, -0.2) is 13.1 Å². The van der Waals surface area contributed by atoms with E-state index in [1.807, 2.05) is 6.07 Å². The SMILES string of the molecule is CS(=O)(=O)NCC1(c2ccc(Cl)c(Cl)c2)CCNCCO1.Cl. The van der Waals surface area contributed by atoms with Gasteiger partial charge in [0.1, 0.15) is 5.60 Å². The molecular weight excluding hydrogens is 371 g/mol. The van der Waals surface area contributed by atoms with Crippen molar-refractivity contribution >= 4 is 45.6 Å². The van der Waals surface area contributed by atoms with E-state index in [9.17, 15) is 8.42 Å². The second-order valence-corrected chi connectivity index (χ2v) is 7.71. The van der Waals surface area contributed by atoms with Crippen LogP contribution in [-0.2, 0) is 20.4 Å². The van der Waals surface area contributed by atoms with Crippen molar-refractivity contribution in [2.45, 2.75) is 12.0 Å². The lowest BCUT2D eigenvalue weighted by Gasteiger charge is -2.33. The summed E-state index contributed by atoms with van der Waals surface area (Å²) < 4.78 is 31.4. The van der Waals surface area contributed by atoms with E-state index in [-0.39, 0.29) is 19.0 Å². The third-order valence-corrected chi connectivity index (χ3v) is 4.84. The molecule has 0 bridgehead atoms. The van der Waals surface area contributed by atoms with Crippen LogP contribution in [0.3, 0.4) is 0 Å². The largest absolute Gasteiger partial charge is 0.368 e. The molecule has 126 valence electrons. The van der Waals surface area contributed by atoms with Crippen LogP contribution in [0, 0.1) is 0 Å². The molecule has 1 aliphatic heterocycles. The van der Waals surface area contributed by atoms with Gasteiger partial charge in [0.15, 0.2) is 0 Å². The molecule has 1 fully saturated rings. The Morgan fingerprint density at radius 2 is 2.05 bits per heavy atom. The Hall–Kier alpha value is -0.0800. The summed E-state index contributed by atoms with van der Waals surface area (Å²) in [5.74, 6) is 0. The van der Waals surface area contributed by atoms with Gasteiger partial charge in [0.25, 0.3) is 0 Å². The molecule has 1 heterocycles. The van der Waals surface area contributed by atoms with Gasteiger partial charge in [0.2, 0.25) is 10.0 Å². The molecule has 1 atom stereocenters. The maximum Gasteiger partial charge on any atom is 0.208 e. The summed E-state index contributed by atoms with van der Waals surface area (Å²) >= 11 is 12.0. The average Bonchev–Trinajstić information content (AvgIpc) is 2.65. The second-order valence-electron chi connectivity index (χ2n) is 5.06. The van der Waals surface area contributed by atoms with E-state index < -0.39 is 15.6 Å². The van der Waals surface area contributed by atoms with Crippen LogP contribution in [0.1, 0.15) is 12.0 Å². The summed E-state index contributed by atoms with van der Waals surface area (Å²) in [7, 11) is -3.31. The summed E-state index contributed by atoms with van der Waals surface area (Å²) in [6, 6.07) is 5.26. The minimum absolute atomic E-state index is 0. The van der Waals surface area contributed by atoms with Crippen LogP contribution in [-0.4, -0.2) is 40.9 Å². The zero-order chi connectivity index (χ0) is 15.5. The minimum Gasteiger partial charge on any atom is -0.368 e. The summed E-state index contributed by atoms with van der Waals surface area (Å²) in [5, 5.41) is 4.12. The molecule has 0 radical (unpaired) electrons. The molecule has 1 unspecified atom stereocenters. The molecule has 1 aromatic carbocycles. The second kappa shape index (κ2) is 8.15. The third kappa shape index (κ3) is 5.23. The monoisotopic (exact) mass is 388 g/mol. The molecule has 0 spiro atoms. The molecule has 1 saturated heterocycles. The molecule has 22 heavy (non-hydrogen) atoms. The normalized spacial score (nSPS) is 22.7. The fraction of sp³-hybridized carbons (Fsp3) is 0.538. The summed E-state index contributed by atoms with van der Waals surface area (Å²) in [5.41, 5.74) is 0.0672. The molecule has 2 rings (SSSR count). The van der Waals surface area contributed by atoms with Crippen molar-refractivity contribution in [2.75, 3.05) is 32.5 Å². The van der Waals surface area contributed by atoms with Crippen molar-refractivity contribution < 1.29 is 13.2 Å². The van der Waals surface area contributed by atoms with Gasteiger partial charge in [0, 0.05) is 13.1 Å². The minimum atomic E-state index is -3.31. The van der Waals surface area contributed by atoms with Gasteiger partial charge in [-0.2, -0.15) is 0 Å². The van der Waals surface area contributed by atoms with Crippen LogP contribution in [0.2, 0.25) is 10.0 Å². The van der Waals surface area contributed by atoms with E-state index in [4.69, 9.17) is 27.9 Å². The van der Waals surface area contributed by atoms with Gasteiger partial charge in [-0.3, -0.25) is 0 Å². The smallest absolute Gasteiger partial charge is 0.208 e. The summed E-state index contributed by atoms with van der Waals surface area (Å²) in [4.78, 5) is 0. The van der Waals surface area contributed by atoms with Crippen molar-refractivity contribution in [2.24, 2.45) is 0 Å². The molecule has 5 nitrogen and oxygen atoms in total. The molecule has 0 amide bonds. The Labute approximate surface area is 147 Å². The van der Waals surface area contributed by atoms with Crippen LogP contribution >= 0.6 is 35.6 Å². The first kappa shape index (κ1) is 20.0. The Morgan fingerprint density at radius 3 is 2.68 bits per heavy atom. The summed E-state index contributed by atoms with van der Waals surface area (Å²) in [6.07, 6.45) is 1.76. The standard InChI is InChI=1S/C13H18Cl2N2O3S.ClH/c1-21(18,19)17-9-13(4-5-16-6-7-20-13)10-2-3-11(14)12(15)8-10;/h2-3,8,16-17H,4-7,9H2,1H3;1H. The van der Waals surface area contributed by atoms with Crippen LogP contribution in [0.4, 0.5) is 0 Å². The number of ether oxygens (including phenoxy) is 1. The maximum atomic E-state index is 11.4. The Balaban J connectivity index is 0.00000242. The highest BCUT2D eigenvalue weighted by Gasteiger charge is 2.35. The molecule has 1 aliphatic rings. The van der Waals surface area contributed by atoms with Crippen LogP contribution in [0.25, 0.3) is 0 Å². The van der Waals surface area contributed by atoms with Crippen molar-refractivity contribution in [3.8, 4) is 0 Å². The van der Waals surface area contributed by atoms with Gasteiger partial charge >= 0.3 is 0 Å². The number of hydrogen-bond donors (Lipinski definition) is 2. The Morgan fingerprint density at radius 1 is 1.32 bits per heavy atom. The van der Waals surface area contributed by atoms with Gasteiger partial charge in [-0.15, -0.1) is 12.4 Å². The highest BCUT2D eigenvalue weighted by Crippen LogP contribution is 2.34. The van der Waals surface area contributed by atoms with E-state index in [2.05, 4.69) is 10.0 Å². The highest BCUT2D eigenvalue weighted by molar-refractivity contribution is 7.88. The van der Waals surface area contributed by atoms with E-state index in [1.54, 1.807) is 12.1 Å². The third-order valence-electron chi connectivity index (χ3n) is 3.43. The first-order chi connectivity index (χ1) is 9.82. The van der Waals surface area contributed by atoms with Crippen molar-refractivity contribution in [3.05, 3.63) is 33.8 Å². The molecule has 0 aromatic heterocycles. The summed E-state index contributed by atoms with van der Waals surface area (Å²) in [6.45, 7) is 2.10.